The second kappa shape index (κ2) is 14.3. The van der Waals surface area contributed by atoms with E-state index in [-0.39, 0.29) is 33.9 Å². The molecule has 1 fully saturated rings. The lowest BCUT2D eigenvalue weighted by molar-refractivity contribution is -0.0595. The second-order valence-corrected chi connectivity index (χ2v) is 18.2. The lowest BCUT2D eigenvalue weighted by atomic mass is 10.1. The van der Waals surface area contributed by atoms with Crippen LogP contribution in [0.2, 0.25) is 18.1 Å². The molecule has 4 aromatic rings. The highest BCUT2D eigenvalue weighted by atomic mass is 28.4. The molecule has 0 bridgehead atoms. The Morgan fingerprint density at radius 3 is 1.71 bits per heavy atom. The Morgan fingerprint density at radius 2 is 1.22 bits per heavy atom. The maximum atomic E-state index is 14.1. The van der Waals surface area contributed by atoms with E-state index in [1.807, 2.05) is 0 Å². The van der Waals surface area contributed by atoms with Gasteiger partial charge in [-0.15, -0.1) is 0 Å². The number of hydrogen-bond acceptors (Lipinski definition) is 9. The first-order valence-corrected chi connectivity index (χ1v) is 18.9. The van der Waals surface area contributed by atoms with Gasteiger partial charge in [-0.25, -0.2) is 14.4 Å². The quantitative estimate of drug-likeness (QED) is 0.168. The monoisotopic (exact) mass is 684 g/mol. The van der Waals surface area contributed by atoms with Gasteiger partial charge in [0.25, 0.3) is 11.5 Å². The third-order valence-corrected chi connectivity index (χ3v) is 13.5. The topological polar surface area (TPSA) is 132 Å². The Hall–Kier alpha value is -4.91. The molecule has 256 valence electrons. The molecule has 0 aliphatic carbocycles. The fourth-order valence-corrected chi connectivity index (χ4v) is 6.16. The average molecular weight is 685 g/mol. The number of hydrogen-bond donors (Lipinski definition) is 0. The van der Waals surface area contributed by atoms with Gasteiger partial charge in [0, 0.05) is 17.3 Å². The number of aromatic nitrogens is 2. The summed E-state index contributed by atoms with van der Waals surface area (Å²) in [5.74, 6) is -2.31. The zero-order valence-corrected chi connectivity index (χ0v) is 29.3. The Bertz CT molecular complexity index is 1930. The van der Waals surface area contributed by atoms with Crippen LogP contribution < -0.4 is 11.2 Å². The summed E-state index contributed by atoms with van der Waals surface area (Å²) >= 11 is 0. The largest absolute Gasteiger partial charge is 0.452 e. The van der Waals surface area contributed by atoms with Crippen LogP contribution in [0.1, 0.15) is 63.6 Å². The number of aryl methyl sites for hydroxylation is 1. The summed E-state index contributed by atoms with van der Waals surface area (Å²) in [6, 6.07) is 24.4. The van der Waals surface area contributed by atoms with Crippen LogP contribution >= 0.6 is 0 Å². The summed E-state index contributed by atoms with van der Waals surface area (Å²) in [6.07, 6.45) is -3.84. The summed E-state index contributed by atoms with van der Waals surface area (Å²) in [5.41, 5.74) is -1.20. The van der Waals surface area contributed by atoms with Crippen molar-refractivity contribution in [1.29, 1.82) is 0 Å². The molecule has 4 atom stereocenters. The molecule has 0 radical (unpaired) electrons. The molecular formula is C37H40N2O9Si. The van der Waals surface area contributed by atoms with Crippen molar-refractivity contribution in [2.45, 2.75) is 70.4 Å². The SMILES string of the molecule is Cc1cn([C@@H]2O[C@H](CO[Si](C)(C)C(C)(C)C)[C@@H](OC(=O)c3ccccc3)[C@H]2OC(=O)c2ccccc2)c(=O)n(C(=O)c2ccccc2)c1=O. The minimum absolute atomic E-state index is 0.0550. The van der Waals surface area contributed by atoms with Crippen LogP contribution in [0.4, 0.5) is 0 Å². The van der Waals surface area contributed by atoms with Crippen molar-refractivity contribution in [3.63, 3.8) is 0 Å². The van der Waals surface area contributed by atoms with Crippen LogP contribution in [0.15, 0.2) is 107 Å². The van der Waals surface area contributed by atoms with Crippen molar-refractivity contribution in [2.75, 3.05) is 6.61 Å². The van der Waals surface area contributed by atoms with E-state index in [9.17, 15) is 24.0 Å². The predicted molar refractivity (Wildman–Crippen MR) is 184 cm³/mol. The molecule has 1 aromatic heterocycles. The standard InChI is InChI=1S/C37H40N2O9Si/c1-24-22-38(36(44)39(31(24)40)32(41)25-16-10-7-11-17-25)33-30(48-35(43)27-20-14-9-15-21-27)29(47-34(42)26-18-12-8-13-19-26)28(46-33)23-45-49(5,6)37(2,3)4/h7-22,28-30,33H,23H2,1-6H3/t28-,29-,30-,33-/m1/s1. The van der Waals surface area contributed by atoms with Gasteiger partial charge in [0.05, 0.1) is 17.7 Å². The smallest absolute Gasteiger partial charge is 0.340 e. The summed E-state index contributed by atoms with van der Waals surface area (Å²) in [6.45, 7) is 11.7. The third-order valence-electron chi connectivity index (χ3n) is 8.99. The minimum atomic E-state index is -2.39. The number of ether oxygens (including phenoxy) is 3. The van der Waals surface area contributed by atoms with Crippen molar-refractivity contribution in [2.24, 2.45) is 0 Å². The van der Waals surface area contributed by atoms with Gasteiger partial charge < -0.3 is 18.6 Å². The Labute approximate surface area is 285 Å². The van der Waals surface area contributed by atoms with Crippen molar-refractivity contribution >= 4 is 26.2 Å². The number of carbonyl (C=O) groups is 3. The van der Waals surface area contributed by atoms with Crippen molar-refractivity contribution in [3.05, 3.63) is 140 Å². The first-order chi connectivity index (χ1) is 23.2. The van der Waals surface area contributed by atoms with Gasteiger partial charge >= 0.3 is 17.6 Å². The molecule has 2 heterocycles. The average Bonchev–Trinajstić information content (AvgIpc) is 3.41. The number of benzene rings is 3. The Kier molecular flexibility index (Phi) is 10.3. The summed E-state index contributed by atoms with van der Waals surface area (Å²) in [5, 5.41) is -0.179. The number of rotatable bonds is 9. The van der Waals surface area contributed by atoms with E-state index in [2.05, 4.69) is 33.9 Å². The van der Waals surface area contributed by atoms with Gasteiger partial charge in [-0.2, -0.15) is 4.57 Å². The van der Waals surface area contributed by atoms with Crippen LogP contribution in [0, 0.1) is 6.92 Å². The summed E-state index contributed by atoms with van der Waals surface area (Å²) < 4.78 is 26.6. The molecule has 11 nitrogen and oxygen atoms in total. The van der Waals surface area contributed by atoms with Crippen molar-refractivity contribution < 1.29 is 33.0 Å². The molecule has 0 unspecified atom stereocenters. The highest BCUT2D eigenvalue weighted by molar-refractivity contribution is 6.74. The van der Waals surface area contributed by atoms with E-state index in [1.165, 1.54) is 25.3 Å². The fourth-order valence-electron chi connectivity index (χ4n) is 5.14. The zero-order chi connectivity index (χ0) is 35.5. The van der Waals surface area contributed by atoms with Crippen LogP contribution in [0.5, 0.6) is 0 Å². The highest BCUT2D eigenvalue weighted by Gasteiger charge is 2.52. The van der Waals surface area contributed by atoms with E-state index in [0.29, 0.717) is 4.57 Å². The van der Waals surface area contributed by atoms with E-state index in [1.54, 1.807) is 78.9 Å². The number of carbonyl (C=O) groups excluding carboxylic acids is 3. The maximum absolute atomic E-state index is 14.1. The fraction of sp³-hybridized carbons (Fsp3) is 0.324. The van der Waals surface area contributed by atoms with E-state index in [0.717, 1.165) is 4.57 Å². The molecule has 0 N–H and O–H groups in total. The van der Waals surface area contributed by atoms with E-state index < -0.39 is 62.0 Å². The second-order valence-electron chi connectivity index (χ2n) is 13.4. The Balaban J connectivity index is 1.63. The lowest BCUT2D eigenvalue weighted by Crippen LogP contribution is -2.48. The lowest BCUT2D eigenvalue weighted by Gasteiger charge is -2.37. The van der Waals surface area contributed by atoms with E-state index >= 15 is 0 Å². The molecular weight excluding hydrogens is 644 g/mol. The molecule has 0 saturated carbocycles. The normalized spacial score (nSPS) is 19.3. The van der Waals surface area contributed by atoms with Gasteiger partial charge in [-0.1, -0.05) is 75.4 Å². The zero-order valence-electron chi connectivity index (χ0n) is 28.3. The molecule has 0 amide bonds. The first-order valence-electron chi connectivity index (χ1n) is 16.0. The first kappa shape index (κ1) is 35.4. The Morgan fingerprint density at radius 1 is 0.755 bits per heavy atom. The molecule has 1 aliphatic heterocycles. The molecule has 1 saturated heterocycles. The third kappa shape index (κ3) is 7.56. The molecule has 3 aromatic carbocycles. The summed E-state index contributed by atoms with van der Waals surface area (Å²) in [4.78, 5) is 68.0. The predicted octanol–water partition coefficient (Wildman–Crippen LogP) is 5.38. The molecule has 12 heteroatoms. The molecule has 49 heavy (non-hydrogen) atoms. The summed E-state index contributed by atoms with van der Waals surface area (Å²) in [7, 11) is -2.39. The van der Waals surface area contributed by atoms with Crippen molar-refractivity contribution in [1.82, 2.24) is 9.13 Å². The molecule has 0 spiro atoms. The maximum Gasteiger partial charge on any atom is 0.340 e. The van der Waals surface area contributed by atoms with Crippen LogP contribution in [0.3, 0.4) is 0 Å². The van der Waals surface area contributed by atoms with Gasteiger partial charge in [-0.05, 0) is 61.5 Å². The number of esters is 2. The minimum Gasteiger partial charge on any atom is -0.452 e. The van der Waals surface area contributed by atoms with E-state index in [4.69, 9.17) is 18.6 Å². The van der Waals surface area contributed by atoms with Crippen LogP contribution in [-0.2, 0) is 18.6 Å². The highest BCUT2D eigenvalue weighted by Crippen LogP contribution is 2.39. The number of nitrogens with zero attached hydrogens (tertiary/aromatic N) is 2. The molecule has 1 aliphatic rings. The van der Waals surface area contributed by atoms with Crippen LogP contribution in [-0.4, -0.2) is 60.2 Å². The van der Waals surface area contributed by atoms with Crippen LogP contribution in [0.25, 0.3) is 0 Å². The van der Waals surface area contributed by atoms with Gasteiger partial charge in [0.2, 0.25) is 0 Å². The molecule has 5 rings (SSSR count). The van der Waals surface area contributed by atoms with Gasteiger partial charge in [-0.3, -0.25) is 14.2 Å². The van der Waals surface area contributed by atoms with Gasteiger partial charge in [0.15, 0.2) is 26.8 Å². The van der Waals surface area contributed by atoms with Crippen molar-refractivity contribution in [3.8, 4) is 0 Å². The van der Waals surface area contributed by atoms with Gasteiger partial charge in [0.1, 0.15) is 6.10 Å².